The number of aliphatic carboxylic acids is 1. The second-order valence-electron chi connectivity index (χ2n) is 2.72. The highest BCUT2D eigenvalue weighted by Gasteiger charge is 2.17. The van der Waals surface area contributed by atoms with Crippen molar-refractivity contribution < 1.29 is 20.1 Å². The molecule has 0 aliphatic rings. The zero-order chi connectivity index (χ0) is 10.6. The third kappa shape index (κ3) is 2.60. The van der Waals surface area contributed by atoms with Crippen molar-refractivity contribution in [2.24, 2.45) is 0 Å². The quantitative estimate of drug-likeness (QED) is 0.628. The molecule has 0 spiro atoms. The standard InChI is InChI=1S/C10H10O4/c11-8(9(12)10(13)14)6-7-4-2-1-3-5-7/h1-6,9,11-12H,(H,13,14). The third-order valence-corrected chi connectivity index (χ3v) is 1.63. The predicted octanol–water partition coefficient (Wildman–Crippen LogP) is 1.03. The Morgan fingerprint density at radius 1 is 1.21 bits per heavy atom. The molecular weight excluding hydrogens is 184 g/mol. The van der Waals surface area contributed by atoms with Crippen LogP contribution < -0.4 is 0 Å². The van der Waals surface area contributed by atoms with Crippen LogP contribution in [0.1, 0.15) is 5.56 Å². The lowest BCUT2D eigenvalue weighted by molar-refractivity contribution is -0.145. The van der Waals surface area contributed by atoms with Gasteiger partial charge in [-0.25, -0.2) is 4.79 Å². The number of hydrogen-bond acceptors (Lipinski definition) is 3. The van der Waals surface area contributed by atoms with Crippen LogP contribution in [0.25, 0.3) is 6.08 Å². The third-order valence-electron chi connectivity index (χ3n) is 1.63. The van der Waals surface area contributed by atoms with Crippen LogP contribution in [0.3, 0.4) is 0 Å². The first-order chi connectivity index (χ1) is 6.61. The van der Waals surface area contributed by atoms with Crippen molar-refractivity contribution in [1.29, 1.82) is 0 Å². The minimum absolute atomic E-state index is 0.580. The van der Waals surface area contributed by atoms with Crippen molar-refractivity contribution in [3.8, 4) is 0 Å². The minimum atomic E-state index is -1.87. The van der Waals surface area contributed by atoms with Crippen LogP contribution in [-0.2, 0) is 4.79 Å². The number of carboxylic acid groups (broad SMARTS) is 1. The van der Waals surface area contributed by atoms with Gasteiger partial charge < -0.3 is 15.3 Å². The minimum Gasteiger partial charge on any atom is -0.509 e. The summed E-state index contributed by atoms with van der Waals surface area (Å²) >= 11 is 0. The van der Waals surface area contributed by atoms with Crippen LogP contribution in [0.4, 0.5) is 0 Å². The van der Waals surface area contributed by atoms with Gasteiger partial charge in [0, 0.05) is 0 Å². The average molecular weight is 194 g/mol. The number of carboxylic acids is 1. The molecule has 1 aromatic rings. The molecule has 0 heterocycles. The van der Waals surface area contributed by atoms with Crippen molar-refractivity contribution >= 4 is 12.0 Å². The Morgan fingerprint density at radius 3 is 2.29 bits per heavy atom. The van der Waals surface area contributed by atoms with Crippen LogP contribution in [0.2, 0.25) is 0 Å². The van der Waals surface area contributed by atoms with Gasteiger partial charge in [-0.1, -0.05) is 30.3 Å². The fraction of sp³-hybridized carbons (Fsp3) is 0.100. The molecule has 0 bridgehead atoms. The number of rotatable bonds is 3. The molecule has 4 heteroatoms. The summed E-state index contributed by atoms with van der Waals surface area (Å²) < 4.78 is 0. The molecule has 74 valence electrons. The summed E-state index contributed by atoms with van der Waals surface area (Å²) in [6, 6.07) is 8.65. The maximum Gasteiger partial charge on any atom is 0.340 e. The summed E-state index contributed by atoms with van der Waals surface area (Å²) in [5, 5.41) is 26.5. The monoisotopic (exact) mass is 194 g/mol. The van der Waals surface area contributed by atoms with E-state index >= 15 is 0 Å². The van der Waals surface area contributed by atoms with Crippen molar-refractivity contribution in [2.45, 2.75) is 6.10 Å². The Labute approximate surface area is 80.7 Å². The molecule has 1 atom stereocenters. The Kier molecular flexibility index (Phi) is 3.25. The average Bonchev–Trinajstić information content (AvgIpc) is 2.18. The highest BCUT2D eigenvalue weighted by atomic mass is 16.4. The summed E-state index contributed by atoms with van der Waals surface area (Å²) in [6.45, 7) is 0. The lowest BCUT2D eigenvalue weighted by Gasteiger charge is -2.03. The molecule has 1 rings (SSSR count). The van der Waals surface area contributed by atoms with E-state index < -0.39 is 17.8 Å². The van der Waals surface area contributed by atoms with E-state index in [0.717, 1.165) is 0 Å². The number of hydrogen-bond donors (Lipinski definition) is 3. The first kappa shape index (κ1) is 10.3. The van der Waals surface area contributed by atoms with E-state index in [1.807, 2.05) is 0 Å². The van der Waals surface area contributed by atoms with Crippen LogP contribution in [-0.4, -0.2) is 27.4 Å². The summed E-state index contributed by atoms with van der Waals surface area (Å²) in [4.78, 5) is 10.3. The molecule has 0 aliphatic carbocycles. The first-order valence-electron chi connectivity index (χ1n) is 3.97. The largest absolute Gasteiger partial charge is 0.509 e. The molecule has 0 saturated carbocycles. The van der Waals surface area contributed by atoms with Crippen molar-refractivity contribution in [3.63, 3.8) is 0 Å². The molecule has 4 nitrogen and oxygen atoms in total. The lowest BCUT2D eigenvalue weighted by Crippen LogP contribution is -2.21. The number of benzene rings is 1. The topological polar surface area (TPSA) is 77.8 Å². The van der Waals surface area contributed by atoms with Gasteiger partial charge in [-0.2, -0.15) is 0 Å². The second-order valence-corrected chi connectivity index (χ2v) is 2.72. The van der Waals surface area contributed by atoms with E-state index in [1.165, 1.54) is 6.08 Å². The van der Waals surface area contributed by atoms with E-state index in [2.05, 4.69) is 0 Å². The van der Waals surface area contributed by atoms with Crippen LogP contribution in [0.15, 0.2) is 36.1 Å². The summed E-state index contributed by atoms with van der Waals surface area (Å²) in [7, 11) is 0. The summed E-state index contributed by atoms with van der Waals surface area (Å²) in [6.07, 6.45) is -0.658. The highest BCUT2D eigenvalue weighted by Crippen LogP contribution is 2.07. The predicted molar refractivity (Wildman–Crippen MR) is 50.7 cm³/mol. The summed E-state index contributed by atoms with van der Waals surface area (Å²) in [5.74, 6) is -2.06. The van der Waals surface area contributed by atoms with Gasteiger partial charge in [0.25, 0.3) is 0 Å². The molecule has 14 heavy (non-hydrogen) atoms. The lowest BCUT2D eigenvalue weighted by atomic mass is 10.1. The zero-order valence-corrected chi connectivity index (χ0v) is 7.29. The van der Waals surface area contributed by atoms with Crippen LogP contribution in [0.5, 0.6) is 0 Å². The van der Waals surface area contributed by atoms with Gasteiger partial charge in [0.1, 0.15) is 5.76 Å². The maximum atomic E-state index is 10.3. The molecule has 0 fully saturated rings. The smallest absolute Gasteiger partial charge is 0.340 e. The van der Waals surface area contributed by atoms with Crippen molar-refractivity contribution in [3.05, 3.63) is 41.7 Å². The number of carbonyl (C=O) groups is 1. The SMILES string of the molecule is O=C(O)C(O)C(O)=Cc1ccccc1. The van der Waals surface area contributed by atoms with E-state index in [4.69, 9.17) is 10.2 Å². The van der Waals surface area contributed by atoms with E-state index in [0.29, 0.717) is 5.56 Å². The first-order valence-corrected chi connectivity index (χ1v) is 3.97. The van der Waals surface area contributed by atoms with Gasteiger partial charge in [-0.15, -0.1) is 0 Å². The van der Waals surface area contributed by atoms with E-state index in [1.54, 1.807) is 30.3 Å². The summed E-state index contributed by atoms with van der Waals surface area (Å²) in [5.41, 5.74) is 0.630. The maximum absolute atomic E-state index is 10.3. The van der Waals surface area contributed by atoms with Gasteiger partial charge >= 0.3 is 5.97 Å². The van der Waals surface area contributed by atoms with E-state index in [9.17, 15) is 9.90 Å². The number of aliphatic hydroxyl groups excluding tert-OH is 2. The van der Waals surface area contributed by atoms with Crippen LogP contribution in [0, 0.1) is 0 Å². The van der Waals surface area contributed by atoms with Crippen LogP contribution >= 0.6 is 0 Å². The molecular formula is C10H10O4. The molecule has 1 aromatic carbocycles. The second kappa shape index (κ2) is 4.43. The Morgan fingerprint density at radius 2 is 1.79 bits per heavy atom. The molecule has 0 aliphatic heterocycles. The van der Waals surface area contributed by atoms with Gasteiger partial charge in [0.05, 0.1) is 0 Å². The Hall–Kier alpha value is -1.81. The molecule has 0 amide bonds. The number of aliphatic hydroxyl groups is 2. The van der Waals surface area contributed by atoms with Gasteiger partial charge in [-0.3, -0.25) is 0 Å². The van der Waals surface area contributed by atoms with Crippen molar-refractivity contribution in [1.82, 2.24) is 0 Å². The highest BCUT2D eigenvalue weighted by molar-refractivity contribution is 5.77. The fourth-order valence-corrected chi connectivity index (χ4v) is 0.925. The fourth-order valence-electron chi connectivity index (χ4n) is 0.925. The zero-order valence-electron chi connectivity index (χ0n) is 7.29. The van der Waals surface area contributed by atoms with E-state index in [-0.39, 0.29) is 0 Å². The van der Waals surface area contributed by atoms with Gasteiger partial charge in [0.15, 0.2) is 0 Å². The molecule has 0 radical (unpaired) electrons. The Balaban J connectivity index is 2.84. The molecule has 0 saturated heterocycles. The molecule has 1 unspecified atom stereocenters. The van der Waals surface area contributed by atoms with Gasteiger partial charge in [0.2, 0.25) is 6.10 Å². The molecule has 0 aromatic heterocycles. The van der Waals surface area contributed by atoms with Crippen molar-refractivity contribution in [2.75, 3.05) is 0 Å². The molecule has 3 N–H and O–H groups in total. The Bertz CT molecular complexity index is 342. The normalized spacial score (nSPS) is 13.6. The van der Waals surface area contributed by atoms with Gasteiger partial charge in [-0.05, 0) is 11.6 Å².